The Morgan fingerprint density at radius 1 is 1.12 bits per heavy atom. The third-order valence-electron chi connectivity index (χ3n) is 3.38. The zero-order chi connectivity index (χ0) is 18.5. The predicted molar refractivity (Wildman–Crippen MR) is 97.1 cm³/mol. The molecule has 2 amide bonds. The largest absolute Gasteiger partial charge is 0.454 e. The van der Waals surface area contributed by atoms with Crippen molar-refractivity contribution >= 4 is 41.2 Å². The monoisotopic (exact) mass is 393 g/mol. The fourth-order valence-corrected chi connectivity index (χ4v) is 2.64. The highest BCUT2D eigenvalue weighted by Gasteiger charge is 2.13. The first-order valence-corrected chi connectivity index (χ1v) is 8.23. The zero-order valence-electron chi connectivity index (χ0n) is 13.3. The Morgan fingerprint density at radius 3 is 2.73 bits per heavy atom. The number of benzene rings is 2. The summed E-state index contributed by atoms with van der Waals surface area (Å²) in [4.78, 5) is 23.8. The molecule has 0 fully saturated rings. The molecule has 0 aromatic heterocycles. The molecule has 2 N–H and O–H groups in total. The Labute approximate surface area is 158 Å². The van der Waals surface area contributed by atoms with Gasteiger partial charge in [-0.1, -0.05) is 23.2 Å². The van der Waals surface area contributed by atoms with Crippen LogP contribution in [0.15, 0.2) is 41.5 Å². The van der Waals surface area contributed by atoms with Crippen LogP contribution in [0.5, 0.6) is 11.5 Å². The summed E-state index contributed by atoms with van der Waals surface area (Å²) >= 11 is 11.7. The van der Waals surface area contributed by atoms with E-state index in [1.807, 2.05) is 0 Å². The second-order valence-electron chi connectivity index (χ2n) is 5.21. The minimum absolute atomic E-state index is 0.185. The molecule has 0 radical (unpaired) electrons. The molecular weight excluding hydrogens is 381 g/mol. The number of fused-ring (bicyclic) bond motifs is 1. The molecule has 134 valence electrons. The van der Waals surface area contributed by atoms with E-state index < -0.39 is 11.8 Å². The van der Waals surface area contributed by atoms with Gasteiger partial charge in [-0.3, -0.25) is 9.59 Å². The van der Waals surface area contributed by atoms with Gasteiger partial charge in [0, 0.05) is 5.02 Å². The number of carbonyl (C=O) groups excluding carboxylic acids is 2. The van der Waals surface area contributed by atoms with Gasteiger partial charge >= 0.3 is 0 Å². The number of hydrogen-bond donors (Lipinski definition) is 2. The molecule has 3 rings (SSSR count). The van der Waals surface area contributed by atoms with E-state index in [0.717, 1.165) is 5.56 Å². The fourth-order valence-electron chi connectivity index (χ4n) is 2.14. The van der Waals surface area contributed by atoms with E-state index >= 15 is 0 Å². The number of amides is 2. The molecule has 2 aromatic rings. The molecule has 0 saturated heterocycles. The summed E-state index contributed by atoms with van der Waals surface area (Å²) in [6, 6.07) is 9.74. The minimum Gasteiger partial charge on any atom is -0.454 e. The highest BCUT2D eigenvalue weighted by Crippen LogP contribution is 2.31. The van der Waals surface area contributed by atoms with E-state index in [2.05, 4.69) is 15.8 Å². The standard InChI is InChI=1S/C17H13Cl2N3O4/c18-11-2-3-12(13(19)6-11)17(24)20-8-16(23)22-21-7-10-1-4-14-15(5-10)26-9-25-14/h1-7H,8-9H2,(H,20,24)(H,22,23)/b21-7-. The zero-order valence-corrected chi connectivity index (χ0v) is 14.8. The van der Waals surface area contributed by atoms with E-state index in [0.29, 0.717) is 16.5 Å². The third kappa shape index (κ3) is 4.44. The lowest BCUT2D eigenvalue weighted by Crippen LogP contribution is -2.35. The molecule has 1 heterocycles. The Balaban J connectivity index is 1.49. The number of halogens is 2. The van der Waals surface area contributed by atoms with Gasteiger partial charge in [-0.05, 0) is 42.0 Å². The molecule has 0 unspecified atom stereocenters. The van der Waals surface area contributed by atoms with E-state index in [9.17, 15) is 9.59 Å². The molecule has 0 bridgehead atoms. The van der Waals surface area contributed by atoms with Crippen molar-refractivity contribution in [2.45, 2.75) is 0 Å². The van der Waals surface area contributed by atoms with Gasteiger partial charge in [0.1, 0.15) is 0 Å². The van der Waals surface area contributed by atoms with Gasteiger partial charge in [0.15, 0.2) is 11.5 Å². The van der Waals surface area contributed by atoms with E-state index in [1.54, 1.807) is 18.2 Å². The molecule has 0 atom stereocenters. The first-order chi connectivity index (χ1) is 12.5. The molecular formula is C17H13Cl2N3O4. The number of hydrazone groups is 1. The topological polar surface area (TPSA) is 89.0 Å². The van der Waals surface area contributed by atoms with Crippen molar-refractivity contribution in [3.8, 4) is 11.5 Å². The summed E-state index contributed by atoms with van der Waals surface area (Å²) in [6.07, 6.45) is 1.46. The Hall–Kier alpha value is -2.77. The smallest absolute Gasteiger partial charge is 0.259 e. The van der Waals surface area contributed by atoms with Crippen molar-refractivity contribution < 1.29 is 19.1 Å². The second kappa shape index (κ2) is 8.07. The molecule has 0 saturated carbocycles. The van der Waals surface area contributed by atoms with E-state index in [1.165, 1.54) is 24.4 Å². The van der Waals surface area contributed by atoms with Crippen molar-refractivity contribution in [2.75, 3.05) is 13.3 Å². The summed E-state index contributed by atoms with van der Waals surface area (Å²) in [5.41, 5.74) is 3.28. The van der Waals surface area contributed by atoms with Gasteiger partial charge in [-0.2, -0.15) is 5.10 Å². The lowest BCUT2D eigenvalue weighted by molar-refractivity contribution is -0.120. The van der Waals surface area contributed by atoms with Crippen LogP contribution in [0.1, 0.15) is 15.9 Å². The average Bonchev–Trinajstić information content (AvgIpc) is 3.07. The minimum atomic E-state index is -0.486. The van der Waals surface area contributed by atoms with Crippen LogP contribution in [-0.4, -0.2) is 31.4 Å². The van der Waals surface area contributed by atoms with Gasteiger partial charge in [0.25, 0.3) is 11.8 Å². The number of hydrogen-bond acceptors (Lipinski definition) is 5. The van der Waals surface area contributed by atoms with Crippen LogP contribution in [0.4, 0.5) is 0 Å². The first-order valence-electron chi connectivity index (χ1n) is 7.48. The van der Waals surface area contributed by atoms with Crippen molar-refractivity contribution in [2.24, 2.45) is 5.10 Å². The van der Waals surface area contributed by atoms with Crippen LogP contribution >= 0.6 is 23.2 Å². The van der Waals surface area contributed by atoms with Crippen LogP contribution < -0.4 is 20.2 Å². The Kier molecular flexibility index (Phi) is 5.60. The van der Waals surface area contributed by atoms with Crippen molar-refractivity contribution in [1.82, 2.24) is 10.7 Å². The summed E-state index contributed by atoms with van der Waals surface area (Å²) in [7, 11) is 0. The maximum Gasteiger partial charge on any atom is 0.259 e. The lowest BCUT2D eigenvalue weighted by Gasteiger charge is -2.06. The summed E-state index contributed by atoms with van der Waals surface area (Å²) in [5.74, 6) is 0.309. The van der Waals surface area contributed by atoms with Crippen molar-refractivity contribution in [3.05, 3.63) is 57.6 Å². The van der Waals surface area contributed by atoms with Crippen LogP contribution in [0.2, 0.25) is 10.0 Å². The second-order valence-corrected chi connectivity index (χ2v) is 6.06. The predicted octanol–water partition coefficient (Wildman–Crippen LogP) is 2.60. The molecule has 9 heteroatoms. The third-order valence-corrected chi connectivity index (χ3v) is 3.93. The van der Waals surface area contributed by atoms with Gasteiger partial charge in [-0.15, -0.1) is 0 Å². The molecule has 0 spiro atoms. The maximum atomic E-state index is 12.0. The highest BCUT2D eigenvalue weighted by atomic mass is 35.5. The van der Waals surface area contributed by atoms with E-state index in [4.69, 9.17) is 32.7 Å². The summed E-state index contributed by atoms with van der Waals surface area (Å²) in [5, 5.41) is 6.91. The highest BCUT2D eigenvalue weighted by molar-refractivity contribution is 6.36. The molecule has 1 aliphatic heterocycles. The summed E-state index contributed by atoms with van der Waals surface area (Å²) in [6.45, 7) is -0.0692. The molecule has 2 aromatic carbocycles. The number of rotatable bonds is 5. The maximum absolute atomic E-state index is 12.0. The number of nitrogens with one attached hydrogen (secondary N) is 2. The van der Waals surface area contributed by atoms with Crippen LogP contribution in [0.25, 0.3) is 0 Å². The molecule has 0 aliphatic carbocycles. The Bertz CT molecular complexity index is 886. The number of nitrogens with zero attached hydrogens (tertiary/aromatic N) is 1. The molecule has 1 aliphatic rings. The van der Waals surface area contributed by atoms with Crippen LogP contribution in [0.3, 0.4) is 0 Å². The van der Waals surface area contributed by atoms with Gasteiger partial charge in [-0.25, -0.2) is 5.43 Å². The number of ether oxygens (including phenoxy) is 2. The van der Waals surface area contributed by atoms with Gasteiger partial charge in [0.05, 0.1) is 23.3 Å². The summed E-state index contributed by atoms with van der Waals surface area (Å²) < 4.78 is 10.5. The molecule has 7 nitrogen and oxygen atoms in total. The van der Waals surface area contributed by atoms with Gasteiger partial charge in [0.2, 0.25) is 6.79 Å². The van der Waals surface area contributed by atoms with E-state index in [-0.39, 0.29) is 23.9 Å². The molecule has 26 heavy (non-hydrogen) atoms. The lowest BCUT2D eigenvalue weighted by atomic mass is 10.2. The van der Waals surface area contributed by atoms with Crippen LogP contribution in [-0.2, 0) is 4.79 Å². The fraction of sp³-hybridized carbons (Fsp3) is 0.118. The SMILES string of the molecule is O=C(CNC(=O)c1ccc(Cl)cc1Cl)N/N=C\c1ccc2c(c1)OCO2. The van der Waals surface area contributed by atoms with Crippen LogP contribution in [0, 0.1) is 0 Å². The average molecular weight is 394 g/mol. The number of carbonyl (C=O) groups is 2. The van der Waals surface area contributed by atoms with Crippen molar-refractivity contribution in [3.63, 3.8) is 0 Å². The van der Waals surface area contributed by atoms with Gasteiger partial charge < -0.3 is 14.8 Å². The van der Waals surface area contributed by atoms with Crippen molar-refractivity contribution in [1.29, 1.82) is 0 Å². The normalized spacial score (nSPS) is 12.2. The first kappa shape index (κ1) is 18.0. The quantitative estimate of drug-likeness (QED) is 0.603. The Morgan fingerprint density at radius 2 is 1.92 bits per heavy atom.